The number of fused-ring (bicyclic) bond motifs is 3. The number of rotatable bonds is 8. The molecule has 0 aliphatic heterocycles. The van der Waals surface area contributed by atoms with Gasteiger partial charge in [0.2, 0.25) is 5.91 Å². The standard InChI is InChI=1S/C27H27N3O5/c31-24(30-27(25(32)33)12-6-13-27)23(15-17-7-5-14-28-17)29-26(34)35-16-22-20-10-3-1-8-18(20)19-9-2-4-11-21(19)22/h1-5,7-11,14,22-23,28H,6,12-13,15-16H2,(H,29,34)(H,30,31)(H,32,33). The Morgan fingerprint density at radius 2 is 1.66 bits per heavy atom. The van der Waals surface area contributed by atoms with Crippen molar-refractivity contribution in [2.75, 3.05) is 6.61 Å². The SMILES string of the molecule is O=C(NC(Cc1ccc[nH]1)C(=O)NC1(C(=O)O)CCC1)OCC1c2ccccc2-c2ccccc21. The molecule has 1 saturated carbocycles. The fourth-order valence-corrected chi connectivity index (χ4v) is 4.95. The van der Waals surface area contributed by atoms with Gasteiger partial charge in [-0.2, -0.15) is 0 Å². The Balaban J connectivity index is 1.28. The number of nitrogens with one attached hydrogen (secondary N) is 3. The Hall–Kier alpha value is -4.07. The molecule has 0 radical (unpaired) electrons. The molecule has 2 aromatic carbocycles. The quantitative estimate of drug-likeness (QED) is 0.399. The van der Waals surface area contributed by atoms with Crippen molar-refractivity contribution in [3.63, 3.8) is 0 Å². The van der Waals surface area contributed by atoms with E-state index in [1.54, 1.807) is 18.3 Å². The van der Waals surface area contributed by atoms with Crippen LogP contribution in [-0.2, 0) is 20.7 Å². The molecule has 1 fully saturated rings. The van der Waals surface area contributed by atoms with Crippen LogP contribution in [-0.4, -0.2) is 46.2 Å². The number of carboxylic acids is 1. The number of aromatic amines is 1. The number of carbonyl (C=O) groups excluding carboxylic acids is 2. The lowest BCUT2D eigenvalue weighted by molar-refractivity contribution is -0.152. The number of benzene rings is 2. The molecule has 1 heterocycles. The first-order chi connectivity index (χ1) is 17.0. The lowest BCUT2D eigenvalue weighted by Crippen LogP contribution is -2.63. The number of hydrogen-bond donors (Lipinski definition) is 4. The average molecular weight is 474 g/mol. The van der Waals surface area contributed by atoms with Gasteiger partial charge in [-0.15, -0.1) is 0 Å². The summed E-state index contributed by atoms with van der Waals surface area (Å²) in [7, 11) is 0. The smallest absolute Gasteiger partial charge is 0.407 e. The van der Waals surface area contributed by atoms with E-state index in [2.05, 4.69) is 27.8 Å². The van der Waals surface area contributed by atoms with E-state index in [9.17, 15) is 19.5 Å². The predicted molar refractivity (Wildman–Crippen MR) is 129 cm³/mol. The predicted octanol–water partition coefficient (Wildman–Crippen LogP) is 3.59. The monoisotopic (exact) mass is 473 g/mol. The largest absolute Gasteiger partial charge is 0.480 e. The topological polar surface area (TPSA) is 121 Å². The van der Waals surface area contributed by atoms with Crippen molar-refractivity contribution in [3.8, 4) is 11.1 Å². The molecule has 0 bridgehead atoms. The van der Waals surface area contributed by atoms with Gasteiger partial charge in [0, 0.05) is 24.2 Å². The Labute approximate surface area is 202 Å². The molecule has 0 saturated heterocycles. The molecule has 4 N–H and O–H groups in total. The van der Waals surface area contributed by atoms with E-state index in [4.69, 9.17) is 4.74 Å². The van der Waals surface area contributed by atoms with Crippen LogP contribution in [0.3, 0.4) is 0 Å². The van der Waals surface area contributed by atoms with Gasteiger partial charge in [0.15, 0.2) is 0 Å². The molecule has 2 aliphatic carbocycles. The van der Waals surface area contributed by atoms with Crippen LogP contribution in [0.1, 0.15) is 42.0 Å². The molecule has 8 heteroatoms. The number of amides is 2. The van der Waals surface area contributed by atoms with Gasteiger partial charge in [0.05, 0.1) is 0 Å². The molecule has 180 valence electrons. The highest BCUT2D eigenvalue weighted by Gasteiger charge is 2.46. The van der Waals surface area contributed by atoms with E-state index in [1.165, 1.54) is 0 Å². The number of carbonyl (C=O) groups is 3. The zero-order valence-electron chi connectivity index (χ0n) is 19.1. The molecular weight excluding hydrogens is 446 g/mol. The second-order valence-corrected chi connectivity index (χ2v) is 9.15. The summed E-state index contributed by atoms with van der Waals surface area (Å²) in [4.78, 5) is 40.6. The number of alkyl carbamates (subject to hydrolysis) is 1. The first kappa shape index (κ1) is 22.7. The number of aromatic nitrogens is 1. The van der Waals surface area contributed by atoms with E-state index in [0.717, 1.165) is 34.4 Å². The highest BCUT2D eigenvalue weighted by molar-refractivity contribution is 5.92. The van der Waals surface area contributed by atoms with Crippen LogP contribution in [0.4, 0.5) is 4.79 Å². The molecule has 2 aliphatic rings. The summed E-state index contributed by atoms with van der Waals surface area (Å²) >= 11 is 0. The van der Waals surface area contributed by atoms with Crippen molar-refractivity contribution < 1.29 is 24.2 Å². The summed E-state index contributed by atoms with van der Waals surface area (Å²) < 4.78 is 5.60. The molecule has 1 aromatic heterocycles. The van der Waals surface area contributed by atoms with Gasteiger partial charge in [0.25, 0.3) is 0 Å². The summed E-state index contributed by atoms with van der Waals surface area (Å²) in [6.45, 7) is 0.121. The molecule has 8 nitrogen and oxygen atoms in total. The van der Waals surface area contributed by atoms with Crippen LogP contribution in [0.25, 0.3) is 11.1 Å². The van der Waals surface area contributed by atoms with Gasteiger partial charge in [-0.05, 0) is 53.6 Å². The highest BCUT2D eigenvalue weighted by atomic mass is 16.5. The lowest BCUT2D eigenvalue weighted by atomic mass is 9.76. The summed E-state index contributed by atoms with van der Waals surface area (Å²) in [6, 6.07) is 18.7. The van der Waals surface area contributed by atoms with Crippen molar-refractivity contribution in [3.05, 3.63) is 83.7 Å². The summed E-state index contributed by atoms with van der Waals surface area (Å²) in [5.41, 5.74) is 3.91. The number of aliphatic carboxylic acids is 1. The van der Waals surface area contributed by atoms with Crippen molar-refractivity contribution in [1.82, 2.24) is 15.6 Å². The normalized spacial score (nSPS) is 16.3. The van der Waals surface area contributed by atoms with E-state index in [0.29, 0.717) is 12.8 Å². The third-order valence-electron chi connectivity index (χ3n) is 7.02. The van der Waals surface area contributed by atoms with Crippen molar-refractivity contribution >= 4 is 18.0 Å². The van der Waals surface area contributed by atoms with Crippen LogP contribution in [0.2, 0.25) is 0 Å². The lowest BCUT2D eigenvalue weighted by Gasteiger charge is -2.39. The third-order valence-corrected chi connectivity index (χ3v) is 7.02. The summed E-state index contributed by atoms with van der Waals surface area (Å²) in [5.74, 6) is -1.71. The molecule has 2 amide bonds. The van der Waals surface area contributed by atoms with Gasteiger partial charge in [0.1, 0.15) is 18.2 Å². The van der Waals surface area contributed by atoms with Gasteiger partial charge in [-0.3, -0.25) is 4.79 Å². The highest BCUT2D eigenvalue weighted by Crippen LogP contribution is 2.44. The first-order valence-electron chi connectivity index (χ1n) is 11.8. The molecule has 1 atom stereocenters. The van der Waals surface area contributed by atoms with E-state index in [-0.39, 0.29) is 18.9 Å². The zero-order chi connectivity index (χ0) is 24.4. The number of ether oxygens (including phenoxy) is 1. The second kappa shape index (κ2) is 9.29. The minimum atomic E-state index is -1.27. The van der Waals surface area contributed by atoms with Crippen LogP contribution >= 0.6 is 0 Å². The number of H-pyrrole nitrogens is 1. The molecule has 1 unspecified atom stereocenters. The summed E-state index contributed by atoms with van der Waals surface area (Å²) in [6.07, 6.45) is 2.65. The maximum atomic E-state index is 13.0. The maximum absolute atomic E-state index is 13.0. The Morgan fingerprint density at radius 1 is 1.00 bits per heavy atom. The number of hydrogen-bond acceptors (Lipinski definition) is 4. The fraction of sp³-hybridized carbons (Fsp3) is 0.296. The van der Waals surface area contributed by atoms with Gasteiger partial charge < -0.3 is 25.5 Å². The van der Waals surface area contributed by atoms with Gasteiger partial charge in [-0.25, -0.2) is 9.59 Å². The van der Waals surface area contributed by atoms with Gasteiger partial charge >= 0.3 is 12.1 Å². The minimum absolute atomic E-state index is 0.103. The maximum Gasteiger partial charge on any atom is 0.407 e. The van der Waals surface area contributed by atoms with Crippen molar-refractivity contribution in [1.29, 1.82) is 0 Å². The van der Waals surface area contributed by atoms with Crippen molar-refractivity contribution in [2.45, 2.75) is 43.2 Å². The molecule has 5 rings (SSSR count). The van der Waals surface area contributed by atoms with Crippen LogP contribution in [0.15, 0.2) is 66.9 Å². The van der Waals surface area contributed by atoms with E-state index < -0.39 is 29.6 Å². The van der Waals surface area contributed by atoms with E-state index in [1.807, 2.05) is 36.4 Å². The first-order valence-corrected chi connectivity index (χ1v) is 11.8. The van der Waals surface area contributed by atoms with E-state index >= 15 is 0 Å². The Kier molecular flexibility index (Phi) is 6.03. The summed E-state index contributed by atoms with van der Waals surface area (Å²) in [5, 5.41) is 14.9. The molecule has 3 aromatic rings. The number of carboxylic acid groups (broad SMARTS) is 1. The Morgan fingerprint density at radius 3 is 2.20 bits per heavy atom. The van der Waals surface area contributed by atoms with Gasteiger partial charge in [-0.1, -0.05) is 48.5 Å². The van der Waals surface area contributed by atoms with Crippen LogP contribution < -0.4 is 10.6 Å². The second-order valence-electron chi connectivity index (χ2n) is 9.15. The fourth-order valence-electron chi connectivity index (χ4n) is 4.95. The van der Waals surface area contributed by atoms with Crippen LogP contribution in [0, 0.1) is 0 Å². The zero-order valence-corrected chi connectivity index (χ0v) is 19.1. The Bertz CT molecular complexity index is 1200. The molecule has 0 spiro atoms. The minimum Gasteiger partial charge on any atom is -0.480 e. The third kappa shape index (κ3) is 4.39. The average Bonchev–Trinajstić information content (AvgIpc) is 3.45. The van der Waals surface area contributed by atoms with Crippen LogP contribution in [0.5, 0.6) is 0 Å². The molecular formula is C27H27N3O5. The molecule has 35 heavy (non-hydrogen) atoms. The van der Waals surface area contributed by atoms with Crippen molar-refractivity contribution in [2.24, 2.45) is 0 Å².